The number of guanidine groups is 1. The summed E-state index contributed by atoms with van der Waals surface area (Å²) in [6.45, 7) is 14.1. The molecule has 3 aliphatic heterocycles. The lowest BCUT2D eigenvalue weighted by Gasteiger charge is -2.37. The summed E-state index contributed by atoms with van der Waals surface area (Å²) in [6.07, 6.45) is 3.14. The normalized spacial score (nSPS) is 29.1. The van der Waals surface area contributed by atoms with Gasteiger partial charge in [-0.3, -0.25) is 4.90 Å². The Morgan fingerprint density at radius 1 is 1.03 bits per heavy atom. The van der Waals surface area contributed by atoms with Crippen LogP contribution < -0.4 is 5.32 Å². The lowest BCUT2D eigenvalue weighted by Crippen LogP contribution is -2.53. The zero-order valence-corrected chi connectivity index (χ0v) is 22.7. The predicted molar refractivity (Wildman–Crippen MR) is 142 cm³/mol. The fraction of sp³-hybridized carbons (Fsp3) is 0.720. The molecular weight excluding hydrogens is 531 g/mol. The highest BCUT2D eigenvalue weighted by Crippen LogP contribution is 2.22. The fourth-order valence-corrected chi connectivity index (χ4v) is 5.09. The molecule has 186 valence electrons. The molecule has 0 saturated carbocycles. The zero-order chi connectivity index (χ0) is 22.3. The van der Waals surface area contributed by atoms with E-state index in [4.69, 9.17) is 19.2 Å². The van der Waals surface area contributed by atoms with Gasteiger partial charge in [0.2, 0.25) is 0 Å². The van der Waals surface area contributed by atoms with Crippen molar-refractivity contribution < 1.29 is 14.2 Å². The quantitative estimate of drug-likeness (QED) is 0.321. The minimum absolute atomic E-state index is 0. The second-order valence-electron chi connectivity index (χ2n) is 9.30. The highest BCUT2D eigenvalue weighted by Gasteiger charge is 2.32. The van der Waals surface area contributed by atoms with Crippen LogP contribution >= 0.6 is 24.0 Å². The van der Waals surface area contributed by atoms with Crippen LogP contribution in [0.1, 0.15) is 44.7 Å². The molecule has 0 radical (unpaired) electrons. The number of nitrogens with one attached hydrogen (secondary N) is 1. The van der Waals surface area contributed by atoms with Crippen molar-refractivity contribution >= 4 is 29.9 Å². The van der Waals surface area contributed by atoms with Crippen LogP contribution in [0, 0.1) is 0 Å². The molecule has 4 rings (SSSR count). The molecule has 0 aromatic heterocycles. The standard InChI is InChI=1S/C25H40N4O3.HI/c1-4-26-25(29-11-13-31-24(18-29)23-10-7-12-30-23)27-14-21-8-5-6-9-22(21)17-28-15-19(2)32-20(3)16-28;/h5-6,8-9,19-20,23-24H,4,7,10-18H2,1-3H3,(H,26,27);1H. The molecule has 7 nitrogen and oxygen atoms in total. The maximum absolute atomic E-state index is 6.04. The molecule has 1 aromatic rings. The molecule has 4 unspecified atom stereocenters. The Hall–Kier alpha value is -0.940. The first-order chi connectivity index (χ1) is 15.6. The lowest BCUT2D eigenvalue weighted by molar-refractivity contribution is -0.0817. The van der Waals surface area contributed by atoms with Crippen LogP contribution in [0.4, 0.5) is 0 Å². The third-order valence-electron chi connectivity index (χ3n) is 6.51. The van der Waals surface area contributed by atoms with Crippen LogP contribution in [0.2, 0.25) is 0 Å². The summed E-state index contributed by atoms with van der Waals surface area (Å²) >= 11 is 0. The maximum atomic E-state index is 6.04. The SMILES string of the molecule is CCNC(=NCc1ccccc1CN1CC(C)OC(C)C1)N1CCOC(C2CCCO2)C1.I. The average Bonchev–Trinajstić information content (AvgIpc) is 3.32. The van der Waals surface area contributed by atoms with Gasteiger partial charge < -0.3 is 24.4 Å². The lowest BCUT2D eigenvalue weighted by atomic mass is 10.1. The Labute approximate surface area is 216 Å². The molecule has 8 heteroatoms. The van der Waals surface area contributed by atoms with Crippen molar-refractivity contribution in [3.05, 3.63) is 35.4 Å². The summed E-state index contributed by atoms with van der Waals surface area (Å²) in [5.41, 5.74) is 2.64. The third kappa shape index (κ3) is 7.52. The number of hydrogen-bond donors (Lipinski definition) is 1. The van der Waals surface area contributed by atoms with Crippen molar-refractivity contribution in [2.75, 3.05) is 45.9 Å². The smallest absolute Gasteiger partial charge is 0.194 e. The van der Waals surface area contributed by atoms with Gasteiger partial charge in [0.1, 0.15) is 6.10 Å². The number of nitrogens with zero attached hydrogens (tertiary/aromatic N) is 3. The molecule has 1 N–H and O–H groups in total. The largest absolute Gasteiger partial charge is 0.375 e. The minimum atomic E-state index is 0. The first-order valence-electron chi connectivity index (χ1n) is 12.3. The Morgan fingerprint density at radius 2 is 1.76 bits per heavy atom. The fourth-order valence-electron chi connectivity index (χ4n) is 5.09. The summed E-state index contributed by atoms with van der Waals surface area (Å²) in [4.78, 5) is 9.89. The molecule has 3 fully saturated rings. The van der Waals surface area contributed by atoms with Crippen LogP contribution in [-0.2, 0) is 27.3 Å². The molecule has 0 bridgehead atoms. The number of ether oxygens (including phenoxy) is 3. The number of halogens is 1. The van der Waals surface area contributed by atoms with Gasteiger partial charge in [-0.25, -0.2) is 4.99 Å². The van der Waals surface area contributed by atoms with Gasteiger partial charge in [-0.15, -0.1) is 24.0 Å². The Kier molecular flexibility index (Phi) is 10.7. The highest BCUT2D eigenvalue weighted by atomic mass is 127. The van der Waals surface area contributed by atoms with Crippen molar-refractivity contribution in [1.82, 2.24) is 15.1 Å². The van der Waals surface area contributed by atoms with Crippen LogP contribution in [-0.4, -0.2) is 86.1 Å². The molecule has 0 spiro atoms. The van der Waals surface area contributed by atoms with Crippen LogP contribution in [0.25, 0.3) is 0 Å². The van der Waals surface area contributed by atoms with Crippen molar-refractivity contribution in [2.45, 2.75) is 71.1 Å². The van der Waals surface area contributed by atoms with E-state index in [-0.39, 0.29) is 48.4 Å². The monoisotopic (exact) mass is 572 g/mol. The van der Waals surface area contributed by atoms with E-state index in [2.05, 4.69) is 60.2 Å². The van der Waals surface area contributed by atoms with Gasteiger partial charge in [0.25, 0.3) is 0 Å². The van der Waals surface area contributed by atoms with Crippen molar-refractivity contribution in [3.63, 3.8) is 0 Å². The highest BCUT2D eigenvalue weighted by molar-refractivity contribution is 14.0. The summed E-state index contributed by atoms with van der Waals surface area (Å²) in [6, 6.07) is 8.71. The van der Waals surface area contributed by atoms with Gasteiger partial charge in [-0.2, -0.15) is 0 Å². The predicted octanol–water partition coefficient (Wildman–Crippen LogP) is 3.26. The summed E-state index contributed by atoms with van der Waals surface area (Å²) in [5.74, 6) is 0.974. The first-order valence-corrected chi connectivity index (χ1v) is 12.3. The number of morpholine rings is 2. The van der Waals surface area contributed by atoms with Gasteiger partial charge in [-0.1, -0.05) is 24.3 Å². The molecular formula is C25H41IN4O3. The Balaban J connectivity index is 0.00000306. The van der Waals surface area contributed by atoms with E-state index in [9.17, 15) is 0 Å². The number of rotatable bonds is 6. The van der Waals surface area contributed by atoms with Crippen molar-refractivity contribution in [1.29, 1.82) is 0 Å². The second kappa shape index (κ2) is 13.2. The van der Waals surface area contributed by atoms with Gasteiger partial charge in [0.05, 0.1) is 31.5 Å². The molecule has 3 aliphatic rings. The molecule has 33 heavy (non-hydrogen) atoms. The summed E-state index contributed by atoms with van der Waals surface area (Å²) in [5, 5.41) is 3.50. The van der Waals surface area contributed by atoms with Crippen LogP contribution in [0.3, 0.4) is 0 Å². The number of benzene rings is 1. The topological polar surface area (TPSA) is 58.6 Å². The molecule has 1 aromatic carbocycles. The molecule has 0 amide bonds. The van der Waals surface area contributed by atoms with E-state index in [0.717, 1.165) is 71.3 Å². The summed E-state index contributed by atoms with van der Waals surface area (Å²) < 4.78 is 17.8. The maximum Gasteiger partial charge on any atom is 0.194 e. The van der Waals surface area contributed by atoms with E-state index in [1.807, 2.05) is 0 Å². The minimum Gasteiger partial charge on any atom is -0.375 e. The van der Waals surface area contributed by atoms with Gasteiger partial charge in [0, 0.05) is 45.9 Å². The van der Waals surface area contributed by atoms with E-state index < -0.39 is 0 Å². The molecule has 3 saturated heterocycles. The summed E-state index contributed by atoms with van der Waals surface area (Å²) in [7, 11) is 0. The van der Waals surface area contributed by atoms with E-state index >= 15 is 0 Å². The second-order valence-corrected chi connectivity index (χ2v) is 9.30. The first kappa shape index (κ1) is 26.7. The number of aliphatic imine (C=N–C) groups is 1. The van der Waals surface area contributed by atoms with Crippen LogP contribution in [0.15, 0.2) is 29.3 Å². The molecule has 3 heterocycles. The van der Waals surface area contributed by atoms with E-state index in [1.54, 1.807) is 0 Å². The Bertz CT molecular complexity index is 749. The molecule has 4 atom stereocenters. The van der Waals surface area contributed by atoms with Gasteiger partial charge in [-0.05, 0) is 44.7 Å². The van der Waals surface area contributed by atoms with Crippen molar-refractivity contribution in [3.8, 4) is 0 Å². The number of hydrogen-bond acceptors (Lipinski definition) is 5. The van der Waals surface area contributed by atoms with Gasteiger partial charge in [0.15, 0.2) is 5.96 Å². The van der Waals surface area contributed by atoms with Gasteiger partial charge >= 0.3 is 0 Å². The van der Waals surface area contributed by atoms with Crippen LogP contribution in [0.5, 0.6) is 0 Å². The molecule has 0 aliphatic carbocycles. The van der Waals surface area contributed by atoms with E-state index in [0.29, 0.717) is 6.54 Å². The average molecular weight is 573 g/mol. The van der Waals surface area contributed by atoms with E-state index in [1.165, 1.54) is 11.1 Å². The third-order valence-corrected chi connectivity index (χ3v) is 6.51. The zero-order valence-electron chi connectivity index (χ0n) is 20.4. The van der Waals surface area contributed by atoms with Crippen molar-refractivity contribution in [2.24, 2.45) is 4.99 Å². The Morgan fingerprint density at radius 3 is 2.45 bits per heavy atom.